The van der Waals surface area contributed by atoms with E-state index in [4.69, 9.17) is 9.57 Å². The van der Waals surface area contributed by atoms with Crippen molar-refractivity contribution >= 4 is 5.97 Å². The van der Waals surface area contributed by atoms with Gasteiger partial charge in [0.1, 0.15) is 0 Å². The first-order valence-electron chi connectivity index (χ1n) is 7.37. The molecule has 1 aliphatic rings. The zero-order valence-corrected chi connectivity index (χ0v) is 12.6. The highest BCUT2D eigenvalue weighted by Gasteiger charge is 2.52. The summed E-state index contributed by atoms with van der Waals surface area (Å²) in [5.74, 6) is -0.501. The van der Waals surface area contributed by atoms with Crippen LogP contribution in [-0.4, -0.2) is 41.5 Å². The minimum absolute atomic E-state index is 0.438. The Morgan fingerprint density at radius 1 is 1.48 bits per heavy atom. The van der Waals surface area contributed by atoms with E-state index in [1.807, 2.05) is 37.3 Å². The summed E-state index contributed by atoms with van der Waals surface area (Å²) < 4.78 is 4.85. The van der Waals surface area contributed by atoms with Crippen molar-refractivity contribution in [2.45, 2.75) is 44.4 Å². The second-order valence-electron chi connectivity index (χ2n) is 5.38. The van der Waals surface area contributed by atoms with Crippen molar-refractivity contribution in [3.05, 3.63) is 35.9 Å². The molecule has 1 saturated heterocycles. The summed E-state index contributed by atoms with van der Waals surface area (Å²) in [4.78, 5) is 17.9. The molecule has 1 aromatic rings. The SMILES string of the molecule is CCC[C@@H](O)[C@]1(C(=O)OC)CCN(Cc2ccccc2)O1. The Balaban J connectivity index is 2.09. The van der Waals surface area contributed by atoms with E-state index in [2.05, 4.69) is 0 Å². The van der Waals surface area contributed by atoms with Gasteiger partial charge in [0.2, 0.25) is 5.60 Å². The third-order valence-corrected chi connectivity index (χ3v) is 3.86. The number of nitrogens with zero attached hydrogens (tertiary/aromatic N) is 1. The molecule has 2 rings (SSSR count). The normalized spacial score (nSPS) is 24.0. The van der Waals surface area contributed by atoms with Gasteiger partial charge in [-0.2, -0.15) is 5.06 Å². The number of methoxy groups -OCH3 is 1. The molecular weight excluding hydrogens is 270 g/mol. The molecule has 5 nitrogen and oxygen atoms in total. The summed E-state index contributed by atoms with van der Waals surface area (Å²) in [7, 11) is 1.33. The molecule has 0 radical (unpaired) electrons. The van der Waals surface area contributed by atoms with E-state index in [0.29, 0.717) is 25.9 Å². The molecule has 21 heavy (non-hydrogen) atoms. The third kappa shape index (κ3) is 3.43. The first-order valence-corrected chi connectivity index (χ1v) is 7.37. The van der Waals surface area contributed by atoms with E-state index in [1.165, 1.54) is 7.11 Å². The molecule has 0 aromatic heterocycles. The van der Waals surface area contributed by atoms with Crippen LogP contribution in [0.1, 0.15) is 31.7 Å². The highest BCUT2D eigenvalue weighted by atomic mass is 16.7. The van der Waals surface area contributed by atoms with Crippen LogP contribution < -0.4 is 0 Å². The Labute approximate surface area is 125 Å². The maximum atomic E-state index is 12.1. The lowest BCUT2D eigenvalue weighted by Crippen LogP contribution is -2.50. The van der Waals surface area contributed by atoms with E-state index in [0.717, 1.165) is 12.0 Å². The zero-order chi connectivity index (χ0) is 15.3. The second kappa shape index (κ2) is 7.02. The molecule has 1 heterocycles. The van der Waals surface area contributed by atoms with Gasteiger partial charge in [-0.1, -0.05) is 43.7 Å². The number of carbonyl (C=O) groups excluding carboxylic acids is 1. The lowest BCUT2D eigenvalue weighted by Gasteiger charge is -2.30. The summed E-state index contributed by atoms with van der Waals surface area (Å²) in [6, 6.07) is 9.89. The quantitative estimate of drug-likeness (QED) is 0.812. The maximum Gasteiger partial charge on any atom is 0.343 e. The molecule has 5 heteroatoms. The lowest BCUT2D eigenvalue weighted by molar-refractivity contribution is -0.239. The van der Waals surface area contributed by atoms with Gasteiger partial charge in [0.05, 0.1) is 13.2 Å². The Morgan fingerprint density at radius 3 is 2.81 bits per heavy atom. The Kier molecular flexibility index (Phi) is 5.33. The van der Waals surface area contributed by atoms with Crippen LogP contribution in [0.2, 0.25) is 0 Å². The number of hydrogen-bond donors (Lipinski definition) is 1. The first-order chi connectivity index (χ1) is 10.1. The average Bonchev–Trinajstić information content (AvgIpc) is 2.93. The van der Waals surface area contributed by atoms with E-state index >= 15 is 0 Å². The number of rotatable bonds is 6. The number of ether oxygens (including phenoxy) is 1. The summed E-state index contributed by atoms with van der Waals surface area (Å²) in [5, 5.41) is 12.1. The van der Waals surface area contributed by atoms with Crippen molar-refractivity contribution in [3.63, 3.8) is 0 Å². The molecular formula is C16H23NO4. The van der Waals surface area contributed by atoms with Crippen LogP contribution in [0.25, 0.3) is 0 Å². The van der Waals surface area contributed by atoms with Gasteiger partial charge in [0, 0.05) is 19.5 Å². The first kappa shape index (κ1) is 15.9. The molecule has 116 valence electrons. The predicted molar refractivity (Wildman–Crippen MR) is 78.2 cm³/mol. The van der Waals surface area contributed by atoms with Crippen LogP contribution in [0.15, 0.2) is 30.3 Å². The van der Waals surface area contributed by atoms with Crippen LogP contribution >= 0.6 is 0 Å². The van der Waals surface area contributed by atoms with E-state index in [-0.39, 0.29) is 0 Å². The van der Waals surface area contributed by atoms with Crippen molar-refractivity contribution in [1.82, 2.24) is 5.06 Å². The fourth-order valence-electron chi connectivity index (χ4n) is 2.69. The largest absolute Gasteiger partial charge is 0.467 e. The van der Waals surface area contributed by atoms with Crippen molar-refractivity contribution < 1.29 is 19.5 Å². The summed E-state index contributed by atoms with van der Waals surface area (Å²) in [6.45, 7) is 3.13. The third-order valence-electron chi connectivity index (χ3n) is 3.86. The molecule has 0 amide bonds. The fraction of sp³-hybridized carbons (Fsp3) is 0.562. The van der Waals surface area contributed by atoms with Gasteiger partial charge in [0.15, 0.2) is 0 Å². The lowest BCUT2D eigenvalue weighted by atomic mass is 9.90. The smallest absolute Gasteiger partial charge is 0.343 e. The van der Waals surface area contributed by atoms with Crippen LogP contribution in [0.4, 0.5) is 0 Å². The van der Waals surface area contributed by atoms with E-state index in [1.54, 1.807) is 5.06 Å². The number of hydrogen-bond acceptors (Lipinski definition) is 5. The zero-order valence-electron chi connectivity index (χ0n) is 12.6. The predicted octanol–water partition coefficient (Wildman–Crippen LogP) is 1.90. The molecule has 2 atom stereocenters. The molecule has 1 aromatic carbocycles. The van der Waals surface area contributed by atoms with Crippen molar-refractivity contribution in [2.24, 2.45) is 0 Å². The molecule has 1 aliphatic heterocycles. The molecule has 0 saturated carbocycles. The Bertz CT molecular complexity index is 465. The van der Waals surface area contributed by atoms with E-state index in [9.17, 15) is 9.90 Å². The van der Waals surface area contributed by atoms with Crippen LogP contribution in [0.3, 0.4) is 0 Å². The summed E-state index contributed by atoms with van der Waals surface area (Å²) in [6.07, 6.45) is 0.875. The van der Waals surface area contributed by atoms with Gasteiger partial charge in [-0.15, -0.1) is 0 Å². The Hall–Kier alpha value is -1.43. The highest BCUT2D eigenvalue weighted by Crippen LogP contribution is 2.33. The molecule has 0 spiro atoms. The maximum absolute atomic E-state index is 12.1. The van der Waals surface area contributed by atoms with Crippen LogP contribution in [0.5, 0.6) is 0 Å². The van der Waals surface area contributed by atoms with Crippen LogP contribution in [-0.2, 0) is 20.9 Å². The fourth-order valence-corrected chi connectivity index (χ4v) is 2.69. The molecule has 0 bridgehead atoms. The van der Waals surface area contributed by atoms with Gasteiger partial charge in [0.25, 0.3) is 0 Å². The minimum atomic E-state index is -1.26. The minimum Gasteiger partial charge on any atom is -0.467 e. The molecule has 0 unspecified atom stereocenters. The van der Waals surface area contributed by atoms with Gasteiger partial charge in [-0.3, -0.25) is 4.84 Å². The second-order valence-corrected chi connectivity index (χ2v) is 5.38. The number of benzene rings is 1. The summed E-state index contributed by atoms with van der Waals surface area (Å²) >= 11 is 0. The number of aliphatic hydroxyl groups is 1. The number of aliphatic hydroxyl groups excluding tert-OH is 1. The van der Waals surface area contributed by atoms with Gasteiger partial charge < -0.3 is 9.84 Å². The summed E-state index contributed by atoms with van der Waals surface area (Å²) in [5.41, 5.74) is -0.164. The van der Waals surface area contributed by atoms with Crippen molar-refractivity contribution in [1.29, 1.82) is 0 Å². The standard InChI is InChI=1S/C16H23NO4/c1-3-7-14(18)16(15(19)20-2)10-11-17(21-16)12-13-8-5-4-6-9-13/h4-6,8-9,14,18H,3,7,10-12H2,1-2H3/t14-,16+/m1/s1. The average molecular weight is 293 g/mol. The van der Waals surface area contributed by atoms with Crippen molar-refractivity contribution in [3.8, 4) is 0 Å². The Morgan fingerprint density at radius 2 is 2.19 bits per heavy atom. The molecule has 1 fully saturated rings. The monoisotopic (exact) mass is 293 g/mol. The molecule has 0 aliphatic carbocycles. The van der Waals surface area contributed by atoms with Crippen LogP contribution in [0, 0.1) is 0 Å². The number of carbonyl (C=O) groups is 1. The highest BCUT2D eigenvalue weighted by molar-refractivity contribution is 5.80. The van der Waals surface area contributed by atoms with Crippen molar-refractivity contribution in [2.75, 3.05) is 13.7 Å². The van der Waals surface area contributed by atoms with Gasteiger partial charge in [-0.05, 0) is 12.0 Å². The number of esters is 1. The van der Waals surface area contributed by atoms with E-state index < -0.39 is 17.7 Å². The topological polar surface area (TPSA) is 59.0 Å². The number of hydroxylamine groups is 2. The van der Waals surface area contributed by atoms with Gasteiger partial charge >= 0.3 is 5.97 Å². The van der Waals surface area contributed by atoms with Gasteiger partial charge in [-0.25, -0.2) is 4.79 Å². The molecule has 1 N–H and O–H groups in total.